The van der Waals surface area contributed by atoms with E-state index >= 15 is 0 Å². The first-order valence-electron chi connectivity index (χ1n) is 7.58. The first-order valence-corrected chi connectivity index (χ1v) is 8.57. The fourth-order valence-corrected chi connectivity index (χ4v) is 4.17. The fourth-order valence-electron chi connectivity index (χ4n) is 2.94. The van der Waals surface area contributed by atoms with Crippen LogP contribution in [0, 0.1) is 11.8 Å². The molecular formula is C15H28N2S. The van der Waals surface area contributed by atoms with Gasteiger partial charge in [0.25, 0.3) is 0 Å². The second kappa shape index (κ2) is 6.31. The molecule has 0 aromatic rings. The summed E-state index contributed by atoms with van der Waals surface area (Å²) in [5.41, 5.74) is 0.280. The molecule has 1 saturated heterocycles. The van der Waals surface area contributed by atoms with Crippen LogP contribution in [0.3, 0.4) is 0 Å². The van der Waals surface area contributed by atoms with Gasteiger partial charge in [0.2, 0.25) is 0 Å². The summed E-state index contributed by atoms with van der Waals surface area (Å²) in [7, 11) is 0. The number of amidine groups is 1. The van der Waals surface area contributed by atoms with E-state index in [-0.39, 0.29) is 5.54 Å². The predicted molar refractivity (Wildman–Crippen MR) is 82.3 cm³/mol. The molecule has 0 aromatic carbocycles. The van der Waals surface area contributed by atoms with Gasteiger partial charge in [-0.15, -0.1) is 0 Å². The fraction of sp³-hybridized carbons (Fsp3) is 0.933. The van der Waals surface area contributed by atoms with Crippen LogP contribution >= 0.6 is 11.8 Å². The van der Waals surface area contributed by atoms with E-state index in [2.05, 4.69) is 26.1 Å². The molecule has 18 heavy (non-hydrogen) atoms. The lowest BCUT2D eigenvalue weighted by Crippen LogP contribution is -2.48. The Morgan fingerprint density at radius 1 is 1.39 bits per heavy atom. The quantitative estimate of drug-likeness (QED) is 0.834. The zero-order valence-corrected chi connectivity index (χ0v) is 13.0. The van der Waals surface area contributed by atoms with Gasteiger partial charge >= 0.3 is 0 Å². The molecule has 2 rings (SSSR count). The van der Waals surface area contributed by atoms with Crippen molar-refractivity contribution in [2.24, 2.45) is 16.8 Å². The van der Waals surface area contributed by atoms with Gasteiger partial charge in [-0.3, -0.25) is 4.99 Å². The lowest BCUT2D eigenvalue weighted by atomic mass is 9.80. The Hall–Kier alpha value is -0.180. The monoisotopic (exact) mass is 268 g/mol. The van der Waals surface area contributed by atoms with Crippen LogP contribution in [0.15, 0.2) is 4.99 Å². The highest BCUT2D eigenvalue weighted by Crippen LogP contribution is 2.30. The van der Waals surface area contributed by atoms with E-state index in [1.54, 1.807) is 0 Å². The summed E-state index contributed by atoms with van der Waals surface area (Å²) in [6, 6.07) is 0. The molecule has 1 aliphatic heterocycles. The lowest BCUT2D eigenvalue weighted by Gasteiger charge is -2.35. The van der Waals surface area contributed by atoms with Crippen LogP contribution in [0.1, 0.15) is 59.3 Å². The van der Waals surface area contributed by atoms with E-state index in [0.717, 1.165) is 18.4 Å². The van der Waals surface area contributed by atoms with Crippen molar-refractivity contribution in [1.82, 2.24) is 5.32 Å². The van der Waals surface area contributed by atoms with Gasteiger partial charge in [0.1, 0.15) is 0 Å². The lowest BCUT2D eigenvalue weighted by molar-refractivity contribution is 0.263. The van der Waals surface area contributed by atoms with E-state index in [0.29, 0.717) is 0 Å². The Morgan fingerprint density at radius 2 is 2.17 bits per heavy atom. The summed E-state index contributed by atoms with van der Waals surface area (Å²) < 4.78 is 0. The SMILES string of the molecule is CCC1(C)CCSC(=NCC2CCCCC2C)N1. The second-order valence-corrected chi connectivity index (χ2v) is 7.39. The topological polar surface area (TPSA) is 24.4 Å². The molecule has 0 spiro atoms. The minimum absolute atomic E-state index is 0.280. The number of hydrogen-bond donors (Lipinski definition) is 1. The normalized spacial score (nSPS) is 39.6. The van der Waals surface area contributed by atoms with Crippen LogP contribution in [0.5, 0.6) is 0 Å². The van der Waals surface area contributed by atoms with Crippen molar-refractivity contribution in [1.29, 1.82) is 0 Å². The van der Waals surface area contributed by atoms with Crippen LogP contribution in [0.4, 0.5) is 0 Å². The van der Waals surface area contributed by atoms with Gasteiger partial charge in [-0.25, -0.2) is 0 Å². The summed E-state index contributed by atoms with van der Waals surface area (Å²) in [6.07, 6.45) is 8.07. The van der Waals surface area contributed by atoms with Crippen molar-refractivity contribution in [3.05, 3.63) is 0 Å². The van der Waals surface area contributed by atoms with Crippen LogP contribution in [-0.2, 0) is 0 Å². The van der Waals surface area contributed by atoms with Gasteiger partial charge in [0.05, 0.1) is 0 Å². The minimum atomic E-state index is 0.280. The second-order valence-electron chi connectivity index (χ2n) is 6.31. The summed E-state index contributed by atoms with van der Waals surface area (Å²) in [4.78, 5) is 4.87. The zero-order valence-electron chi connectivity index (χ0n) is 12.2. The Balaban J connectivity index is 1.88. The van der Waals surface area contributed by atoms with Crippen molar-refractivity contribution >= 4 is 16.9 Å². The molecule has 3 atom stereocenters. The Bertz CT molecular complexity index is 303. The summed E-state index contributed by atoms with van der Waals surface area (Å²) in [5.74, 6) is 2.91. The number of aliphatic imine (C=N–C) groups is 1. The molecule has 0 aromatic heterocycles. The first kappa shape index (κ1) is 14.2. The van der Waals surface area contributed by atoms with E-state index in [4.69, 9.17) is 4.99 Å². The maximum Gasteiger partial charge on any atom is 0.156 e. The third-order valence-electron chi connectivity index (χ3n) is 4.84. The highest BCUT2D eigenvalue weighted by Gasteiger charge is 2.28. The molecule has 0 bridgehead atoms. The van der Waals surface area contributed by atoms with Crippen LogP contribution in [0.25, 0.3) is 0 Å². The largest absolute Gasteiger partial charge is 0.360 e. The number of rotatable bonds is 3. The molecular weight excluding hydrogens is 240 g/mol. The first-order chi connectivity index (χ1) is 8.63. The number of thioether (sulfide) groups is 1. The molecule has 3 unspecified atom stereocenters. The maximum absolute atomic E-state index is 4.87. The summed E-state index contributed by atoms with van der Waals surface area (Å²) in [5, 5.41) is 4.84. The molecule has 2 fully saturated rings. The standard InChI is InChI=1S/C15H28N2S/c1-4-15(3)9-10-18-14(17-15)16-11-13-8-6-5-7-12(13)2/h12-13H,4-11H2,1-3H3,(H,16,17). The van der Waals surface area contributed by atoms with Gasteiger partial charge < -0.3 is 5.32 Å². The number of nitrogens with zero attached hydrogens (tertiary/aromatic N) is 1. The molecule has 104 valence electrons. The third-order valence-corrected chi connectivity index (χ3v) is 5.75. The predicted octanol–water partition coefficient (Wildman–Crippen LogP) is 4.06. The van der Waals surface area contributed by atoms with E-state index in [1.165, 1.54) is 49.4 Å². The molecule has 2 nitrogen and oxygen atoms in total. The number of nitrogens with one attached hydrogen (secondary N) is 1. The maximum atomic E-state index is 4.87. The number of hydrogen-bond acceptors (Lipinski definition) is 2. The van der Waals surface area contributed by atoms with Gasteiger partial charge in [-0.05, 0) is 38.0 Å². The van der Waals surface area contributed by atoms with E-state index in [1.807, 2.05) is 11.8 Å². The molecule has 1 aliphatic carbocycles. The highest BCUT2D eigenvalue weighted by atomic mass is 32.2. The van der Waals surface area contributed by atoms with E-state index < -0.39 is 0 Å². The molecule has 3 heteroatoms. The van der Waals surface area contributed by atoms with E-state index in [9.17, 15) is 0 Å². The van der Waals surface area contributed by atoms with Gasteiger partial charge in [0.15, 0.2) is 5.17 Å². The van der Waals surface area contributed by atoms with Gasteiger partial charge in [-0.2, -0.15) is 0 Å². The van der Waals surface area contributed by atoms with Crippen molar-refractivity contribution in [3.63, 3.8) is 0 Å². The average Bonchev–Trinajstić information content (AvgIpc) is 2.38. The molecule has 1 N–H and O–H groups in total. The zero-order chi connectivity index (χ0) is 13.0. The van der Waals surface area contributed by atoms with Crippen molar-refractivity contribution in [3.8, 4) is 0 Å². The molecule has 1 heterocycles. The van der Waals surface area contributed by atoms with Crippen molar-refractivity contribution in [2.45, 2.75) is 64.8 Å². The molecule has 0 radical (unpaired) electrons. The highest BCUT2D eigenvalue weighted by molar-refractivity contribution is 8.13. The summed E-state index contributed by atoms with van der Waals surface area (Å²) in [6.45, 7) is 8.03. The Labute approximate surface area is 116 Å². The van der Waals surface area contributed by atoms with Gasteiger partial charge in [-0.1, -0.05) is 44.9 Å². The van der Waals surface area contributed by atoms with Gasteiger partial charge in [0, 0.05) is 17.8 Å². The van der Waals surface area contributed by atoms with Crippen molar-refractivity contribution in [2.75, 3.05) is 12.3 Å². The average molecular weight is 268 g/mol. The molecule has 0 amide bonds. The van der Waals surface area contributed by atoms with Crippen LogP contribution < -0.4 is 5.32 Å². The Morgan fingerprint density at radius 3 is 2.89 bits per heavy atom. The minimum Gasteiger partial charge on any atom is -0.360 e. The third kappa shape index (κ3) is 3.66. The smallest absolute Gasteiger partial charge is 0.156 e. The molecule has 2 aliphatic rings. The van der Waals surface area contributed by atoms with Crippen LogP contribution in [-0.4, -0.2) is 23.0 Å². The van der Waals surface area contributed by atoms with Crippen LogP contribution in [0.2, 0.25) is 0 Å². The summed E-state index contributed by atoms with van der Waals surface area (Å²) >= 11 is 1.91. The van der Waals surface area contributed by atoms with Crippen molar-refractivity contribution < 1.29 is 0 Å². The Kier molecular flexibility index (Phi) is 4.99. The molecule has 1 saturated carbocycles.